The van der Waals surface area contributed by atoms with Crippen molar-refractivity contribution in [2.45, 2.75) is 43.1 Å². The average Bonchev–Trinajstić information content (AvgIpc) is 3.46. The van der Waals surface area contributed by atoms with Gasteiger partial charge in [-0.25, -0.2) is 4.98 Å². The number of piperidine rings is 1. The van der Waals surface area contributed by atoms with Crippen molar-refractivity contribution in [1.29, 1.82) is 0 Å². The second kappa shape index (κ2) is 9.35. The quantitative estimate of drug-likeness (QED) is 0.364. The third-order valence-electron chi connectivity index (χ3n) is 5.76. The second-order valence-electron chi connectivity index (χ2n) is 7.86. The van der Waals surface area contributed by atoms with Gasteiger partial charge in [0.05, 0.1) is 11.7 Å². The number of thioether (sulfide) groups is 1. The Morgan fingerprint density at radius 1 is 1.16 bits per heavy atom. The number of nitrogens with zero attached hydrogens (tertiary/aromatic N) is 6. The lowest BCUT2D eigenvalue weighted by atomic mass is 10.1. The molecule has 5 rings (SSSR count). The lowest BCUT2D eigenvalue weighted by Gasteiger charge is -2.31. The van der Waals surface area contributed by atoms with E-state index >= 15 is 0 Å². The minimum absolute atomic E-state index is 0.0644. The van der Waals surface area contributed by atoms with Crippen molar-refractivity contribution in [3.05, 3.63) is 68.8 Å². The van der Waals surface area contributed by atoms with Crippen LogP contribution in [0.15, 0.2) is 51.9 Å². The Balaban J connectivity index is 1.47. The molecule has 7 nitrogen and oxygen atoms in total. The molecule has 4 aromatic rings. The van der Waals surface area contributed by atoms with Crippen LogP contribution in [0, 0.1) is 0 Å². The predicted octanol–water partition coefficient (Wildman–Crippen LogP) is 4.83. The summed E-state index contributed by atoms with van der Waals surface area (Å²) in [7, 11) is 0. The number of thiazole rings is 1. The smallest absolute Gasteiger partial charge is 0.258 e. The number of fused-ring (bicyclic) bond motifs is 1. The van der Waals surface area contributed by atoms with Gasteiger partial charge in [0.2, 0.25) is 0 Å². The van der Waals surface area contributed by atoms with Crippen molar-refractivity contribution in [1.82, 2.24) is 29.0 Å². The van der Waals surface area contributed by atoms with E-state index in [4.69, 9.17) is 11.6 Å². The fourth-order valence-electron chi connectivity index (χ4n) is 4.05. The highest BCUT2D eigenvalue weighted by atomic mass is 35.5. The summed E-state index contributed by atoms with van der Waals surface area (Å²) in [5.74, 6) is 1.45. The summed E-state index contributed by atoms with van der Waals surface area (Å²) < 4.78 is 3.67. The molecule has 1 saturated heterocycles. The Labute approximate surface area is 199 Å². The molecule has 3 aromatic heterocycles. The molecule has 1 aromatic carbocycles. The molecule has 0 bridgehead atoms. The van der Waals surface area contributed by atoms with Crippen LogP contribution in [0.3, 0.4) is 0 Å². The summed E-state index contributed by atoms with van der Waals surface area (Å²) in [6, 6.07) is 9.49. The Morgan fingerprint density at radius 2 is 1.94 bits per heavy atom. The maximum Gasteiger partial charge on any atom is 0.258 e. The first-order chi connectivity index (χ1) is 15.6. The molecule has 166 valence electrons. The first-order valence-corrected chi connectivity index (χ1v) is 12.9. The van der Waals surface area contributed by atoms with Crippen LogP contribution in [0.4, 0.5) is 0 Å². The predicted molar refractivity (Wildman–Crippen MR) is 129 cm³/mol. The van der Waals surface area contributed by atoms with Crippen molar-refractivity contribution in [2.24, 2.45) is 0 Å². The van der Waals surface area contributed by atoms with Crippen LogP contribution in [0.5, 0.6) is 0 Å². The molecule has 4 heterocycles. The van der Waals surface area contributed by atoms with Gasteiger partial charge in [0.1, 0.15) is 0 Å². The number of rotatable bonds is 6. The van der Waals surface area contributed by atoms with Crippen molar-refractivity contribution in [2.75, 3.05) is 13.1 Å². The van der Waals surface area contributed by atoms with Crippen LogP contribution in [0.1, 0.15) is 43.7 Å². The normalized spacial score (nSPS) is 15.9. The highest BCUT2D eigenvalue weighted by Gasteiger charge is 2.25. The van der Waals surface area contributed by atoms with Crippen molar-refractivity contribution in [3.8, 4) is 5.69 Å². The largest absolute Gasteiger partial charge is 0.294 e. The standard InChI is InChI=1S/C22H23ClN6OS2/c1-15(27-9-3-2-4-10-27)20-25-26-22(29(20)18-7-5-16(23)6-8-18)32-14-17-13-19(30)28-11-12-31-21(28)24-17/h5-8,11-13,15H,2-4,9-10,14H2,1H3. The minimum Gasteiger partial charge on any atom is -0.294 e. The molecule has 0 aliphatic carbocycles. The van der Waals surface area contributed by atoms with Crippen LogP contribution < -0.4 is 5.56 Å². The summed E-state index contributed by atoms with van der Waals surface area (Å²) in [6.07, 6.45) is 5.47. The molecule has 1 fully saturated rings. The van der Waals surface area contributed by atoms with Gasteiger partial charge in [-0.2, -0.15) is 0 Å². The number of benzene rings is 1. The van der Waals surface area contributed by atoms with Gasteiger partial charge in [-0.1, -0.05) is 29.8 Å². The lowest BCUT2D eigenvalue weighted by molar-refractivity contribution is 0.167. The molecule has 0 saturated carbocycles. The number of likely N-dealkylation sites (tertiary alicyclic amines) is 1. The van der Waals surface area contributed by atoms with E-state index in [0.717, 1.165) is 35.5 Å². The monoisotopic (exact) mass is 486 g/mol. The Kier molecular flexibility index (Phi) is 6.32. The summed E-state index contributed by atoms with van der Waals surface area (Å²) in [4.78, 5) is 20.1. The van der Waals surface area contributed by atoms with Gasteiger partial charge in [-0.3, -0.25) is 18.7 Å². The van der Waals surface area contributed by atoms with Gasteiger partial charge < -0.3 is 0 Å². The zero-order chi connectivity index (χ0) is 22.1. The number of hydrogen-bond donors (Lipinski definition) is 0. The molecule has 1 aliphatic rings. The maximum atomic E-state index is 12.3. The molecule has 32 heavy (non-hydrogen) atoms. The second-order valence-corrected chi connectivity index (χ2v) is 10.1. The SMILES string of the molecule is CC(c1nnc(SCc2cc(=O)n3ccsc3n2)n1-c1ccc(Cl)cc1)N1CCCCC1. The average molecular weight is 487 g/mol. The van der Waals surface area contributed by atoms with E-state index < -0.39 is 0 Å². The molecule has 0 spiro atoms. The van der Waals surface area contributed by atoms with E-state index in [1.807, 2.05) is 29.6 Å². The number of halogens is 1. The van der Waals surface area contributed by atoms with Gasteiger partial charge in [0, 0.05) is 34.1 Å². The number of aromatic nitrogens is 5. The molecular formula is C22H23ClN6OS2. The fourth-order valence-corrected chi connectivity index (χ4v) is 5.76. The molecule has 0 N–H and O–H groups in total. The highest BCUT2D eigenvalue weighted by Crippen LogP contribution is 2.31. The van der Waals surface area contributed by atoms with E-state index in [-0.39, 0.29) is 11.6 Å². The number of hydrogen-bond acceptors (Lipinski definition) is 7. The minimum atomic E-state index is -0.0644. The summed E-state index contributed by atoms with van der Waals surface area (Å²) in [5.41, 5.74) is 1.65. The van der Waals surface area contributed by atoms with Crippen molar-refractivity contribution < 1.29 is 0 Å². The van der Waals surface area contributed by atoms with Crippen LogP contribution >= 0.6 is 34.7 Å². The third-order valence-corrected chi connectivity index (χ3v) is 7.73. The van der Waals surface area contributed by atoms with E-state index in [1.165, 1.54) is 42.4 Å². The van der Waals surface area contributed by atoms with Gasteiger partial charge in [0.15, 0.2) is 15.9 Å². The van der Waals surface area contributed by atoms with E-state index in [2.05, 4.69) is 31.6 Å². The zero-order valence-electron chi connectivity index (χ0n) is 17.6. The fraction of sp³-hybridized carbons (Fsp3) is 0.364. The Bertz CT molecular complexity index is 1280. The zero-order valence-corrected chi connectivity index (χ0v) is 20.0. The molecule has 1 atom stereocenters. The van der Waals surface area contributed by atoms with Gasteiger partial charge in [-0.05, 0) is 57.1 Å². The Morgan fingerprint density at radius 3 is 2.72 bits per heavy atom. The van der Waals surface area contributed by atoms with E-state index in [0.29, 0.717) is 15.7 Å². The van der Waals surface area contributed by atoms with Gasteiger partial charge in [0.25, 0.3) is 5.56 Å². The first kappa shape index (κ1) is 21.6. The van der Waals surface area contributed by atoms with E-state index in [9.17, 15) is 4.79 Å². The molecule has 0 amide bonds. The first-order valence-electron chi connectivity index (χ1n) is 10.6. The highest BCUT2D eigenvalue weighted by molar-refractivity contribution is 7.98. The summed E-state index contributed by atoms with van der Waals surface area (Å²) in [6.45, 7) is 4.35. The molecule has 1 aliphatic heterocycles. The van der Waals surface area contributed by atoms with Crippen LogP contribution in [0.25, 0.3) is 10.6 Å². The van der Waals surface area contributed by atoms with Crippen LogP contribution in [0.2, 0.25) is 5.02 Å². The summed E-state index contributed by atoms with van der Waals surface area (Å²) in [5, 5.41) is 12.5. The van der Waals surface area contributed by atoms with Crippen molar-refractivity contribution in [3.63, 3.8) is 0 Å². The van der Waals surface area contributed by atoms with Crippen LogP contribution in [-0.2, 0) is 5.75 Å². The molecule has 1 unspecified atom stereocenters. The van der Waals surface area contributed by atoms with Crippen molar-refractivity contribution >= 4 is 39.7 Å². The topological polar surface area (TPSA) is 68.3 Å². The Hall–Kier alpha value is -2.20. The molecule has 10 heteroatoms. The molecule has 0 radical (unpaired) electrons. The third kappa shape index (κ3) is 4.34. The maximum absolute atomic E-state index is 12.3. The lowest BCUT2D eigenvalue weighted by Crippen LogP contribution is -2.33. The summed E-state index contributed by atoms with van der Waals surface area (Å²) >= 11 is 9.13. The van der Waals surface area contributed by atoms with E-state index in [1.54, 1.807) is 16.7 Å². The molecular weight excluding hydrogens is 464 g/mol. The van der Waals surface area contributed by atoms with Gasteiger partial charge in [-0.15, -0.1) is 21.5 Å². The van der Waals surface area contributed by atoms with Crippen LogP contribution in [-0.4, -0.2) is 42.1 Å². The van der Waals surface area contributed by atoms with Gasteiger partial charge >= 0.3 is 0 Å².